The van der Waals surface area contributed by atoms with Crippen LogP contribution in [-0.4, -0.2) is 186 Å². The van der Waals surface area contributed by atoms with E-state index in [0.29, 0.717) is 32.2 Å². The third-order valence-electron chi connectivity index (χ3n) is 10.1. The molecule has 4 rings (SSSR count). The second kappa shape index (κ2) is 20.1. The van der Waals surface area contributed by atoms with Crippen LogP contribution in [0, 0.1) is 0 Å². The van der Waals surface area contributed by atoms with E-state index in [9.17, 15) is 45.0 Å². The molecule has 0 aromatic heterocycles. The Labute approximate surface area is 306 Å². The van der Waals surface area contributed by atoms with Gasteiger partial charge in [0, 0.05) is 6.61 Å². The van der Waals surface area contributed by atoms with Crippen LogP contribution in [0.1, 0.15) is 47.0 Å². The van der Waals surface area contributed by atoms with Crippen LogP contribution in [0.4, 0.5) is 0 Å². The van der Waals surface area contributed by atoms with Gasteiger partial charge < -0.3 is 90.2 Å². The monoisotopic (exact) mass is 768 g/mol. The van der Waals surface area contributed by atoms with E-state index >= 15 is 0 Å². The zero-order valence-corrected chi connectivity index (χ0v) is 30.1. The van der Waals surface area contributed by atoms with Crippen LogP contribution in [0.3, 0.4) is 0 Å². The van der Waals surface area contributed by atoms with Crippen molar-refractivity contribution in [3.8, 4) is 0 Å². The van der Waals surface area contributed by atoms with E-state index in [1.807, 2.05) is 0 Å². The van der Waals surface area contributed by atoms with Gasteiger partial charge in [0.2, 0.25) is 19.2 Å². The van der Waals surface area contributed by atoms with E-state index in [-0.39, 0.29) is 6.61 Å². The fourth-order valence-corrected chi connectivity index (χ4v) is 7.13. The maximum absolute atomic E-state index is 11.7. The molecule has 4 aliphatic heterocycles. The molecule has 0 aliphatic carbocycles. The Hall–Kier alpha value is -2.19. The zero-order valence-electron chi connectivity index (χ0n) is 30.1. The Bertz CT molecular complexity index is 1150. The van der Waals surface area contributed by atoms with Crippen LogP contribution in [-0.2, 0) is 52.3 Å². The lowest BCUT2D eigenvalue weighted by Crippen LogP contribution is -2.69. The van der Waals surface area contributed by atoms with Crippen LogP contribution in [0.2, 0.25) is 0 Å². The van der Waals surface area contributed by atoms with Gasteiger partial charge in [-0.1, -0.05) is 0 Å². The number of amides is 3. The fraction of sp³-hybridized carbons (Fsp3) is 0.906. The topological polar surface area (TPSA) is 309 Å². The summed E-state index contributed by atoms with van der Waals surface area (Å²) in [7, 11) is 0. The summed E-state index contributed by atoms with van der Waals surface area (Å²) in [4.78, 5) is 34.3. The van der Waals surface area contributed by atoms with Crippen molar-refractivity contribution < 1.29 is 82.9 Å². The summed E-state index contributed by atoms with van der Waals surface area (Å²) < 4.78 is 47.1. The Morgan fingerprint density at radius 2 is 1.02 bits per heavy atom. The highest BCUT2D eigenvalue weighted by Crippen LogP contribution is 2.34. The van der Waals surface area contributed by atoms with E-state index in [0.717, 1.165) is 12.8 Å². The number of ether oxygens (including phenoxy) is 8. The molecular formula is C32H56N4O17. The van der Waals surface area contributed by atoms with Crippen LogP contribution >= 0.6 is 0 Å². The maximum Gasteiger partial charge on any atom is 0.207 e. The number of nitrogens with two attached hydrogens (primary N) is 1. The van der Waals surface area contributed by atoms with Crippen LogP contribution in [0.5, 0.6) is 0 Å². The minimum Gasteiger partial charge on any atom is -0.388 e. The molecule has 20 atom stereocenters. The van der Waals surface area contributed by atoms with E-state index in [1.54, 1.807) is 6.92 Å². The summed E-state index contributed by atoms with van der Waals surface area (Å²) in [5, 5.41) is 74.1. The van der Waals surface area contributed by atoms with E-state index in [1.165, 1.54) is 20.8 Å². The molecule has 306 valence electrons. The number of rotatable bonds is 18. The minimum absolute atomic E-state index is 0.281. The second-order valence-electron chi connectivity index (χ2n) is 13.7. The zero-order chi connectivity index (χ0) is 39.0. The van der Waals surface area contributed by atoms with Crippen molar-refractivity contribution in [2.75, 3.05) is 13.2 Å². The molecule has 0 spiro atoms. The SMILES string of the molecule is C[C@H]1O[C@H](O[C@@H]2[C@H](O)[C@@H](O[C@H]3[C@@H](O)[C@H](NC=O)[C@@H](C)O[C@@H]3O)O[C@H](C)[C@H]2NC=O)[C@@H](O[C@H]2O[C@H](C)[C@@H](OCCCCCN)[C@H](O)[C@@H]2O)[C@@H](O)[C@@H]1NC=O. The molecule has 11 N–H and O–H groups in total. The number of carbonyl (C=O) groups is 3. The van der Waals surface area contributed by atoms with Gasteiger partial charge in [-0.25, -0.2) is 0 Å². The molecule has 0 bridgehead atoms. The lowest BCUT2D eigenvalue weighted by atomic mass is 9.94. The second-order valence-corrected chi connectivity index (χ2v) is 13.7. The lowest BCUT2D eigenvalue weighted by Gasteiger charge is -2.50. The van der Waals surface area contributed by atoms with Crippen molar-refractivity contribution in [1.29, 1.82) is 0 Å². The quantitative estimate of drug-likeness (QED) is 0.0460. The van der Waals surface area contributed by atoms with Gasteiger partial charge in [-0.3, -0.25) is 14.4 Å². The molecule has 0 aromatic carbocycles. The minimum atomic E-state index is -1.79. The molecule has 0 aromatic rings. The molecule has 3 amide bonds. The molecule has 0 saturated carbocycles. The number of carbonyl (C=O) groups excluding carboxylic acids is 3. The summed E-state index contributed by atoms with van der Waals surface area (Å²) >= 11 is 0. The summed E-state index contributed by atoms with van der Waals surface area (Å²) in [6.45, 7) is 6.98. The Kier molecular flexibility index (Phi) is 16.5. The standard InChI is InChI=1S/C32H56N4O17/c1-13-17(34-10-37)20(40)27(29(45)47-13)52-31-24(44)26(19(36-12-39)15(3)48-31)51-32-28(21(41)18(35-11-38)14(2)49-32)53-30-23(43)22(42)25(16(4)50-30)46-9-7-5-6-8-33/h10-32,40-45H,5-9,33H2,1-4H3,(H,34,37)(H,35,38)(H,36,39)/t13-,14-,15-,16-,17-,18-,19-,20+,21+,22-,23+,24+,25-,26+,27+,28+,29+,30-,31-,32-/m1/s1. The summed E-state index contributed by atoms with van der Waals surface area (Å²) in [5.41, 5.74) is 5.54. The Balaban J connectivity index is 1.55. The van der Waals surface area contributed by atoms with Crippen LogP contribution in [0.25, 0.3) is 0 Å². The van der Waals surface area contributed by atoms with Gasteiger partial charge in [0.05, 0.1) is 42.5 Å². The van der Waals surface area contributed by atoms with Gasteiger partial charge in [0.25, 0.3) is 0 Å². The summed E-state index contributed by atoms with van der Waals surface area (Å²) in [5.74, 6) is 0. The van der Waals surface area contributed by atoms with Gasteiger partial charge in [-0.15, -0.1) is 0 Å². The first kappa shape index (κ1) is 43.5. The third kappa shape index (κ3) is 10.2. The highest BCUT2D eigenvalue weighted by atomic mass is 16.8. The van der Waals surface area contributed by atoms with Gasteiger partial charge in [-0.2, -0.15) is 0 Å². The molecule has 4 fully saturated rings. The van der Waals surface area contributed by atoms with Crippen molar-refractivity contribution in [3.05, 3.63) is 0 Å². The van der Waals surface area contributed by atoms with E-state index in [2.05, 4.69) is 16.0 Å². The number of hydrogen-bond donors (Lipinski definition) is 10. The molecule has 53 heavy (non-hydrogen) atoms. The van der Waals surface area contributed by atoms with Gasteiger partial charge >= 0.3 is 0 Å². The highest BCUT2D eigenvalue weighted by molar-refractivity contribution is 5.48. The third-order valence-corrected chi connectivity index (χ3v) is 10.1. The highest BCUT2D eigenvalue weighted by Gasteiger charge is 2.55. The molecular weight excluding hydrogens is 712 g/mol. The average molecular weight is 769 g/mol. The number of unbranched alkanes of at least 4 members (excludes halogenated alkanes) is 2. The van der Waals surface area contributed by atoms with E-state index in [4.69, 9.17) is 43.6 Å². The molecule has 21 nitrogen and oxygen atoms in total. The average Bonchev–Trinajstić information content (AvgIpc) is 3.11. The first-order valence-corrected chi connectivity index (χ1v) is 17.9. The first-order valence-electron chi connectivity index (χ1n) is 17.9. The molecule has 0 radical (unpaired) electrons. The van der Waals surface area contributed by atoms with Crippen molar-refractivity contribution in [3.63, 3.8) is 0 Å². The number of aliphatic hydroxyl groups excluding tert-OH is 6. The summed E-state index contributed by atoms with van der Waals surface area (Å²) in [6, 6.07) is -3.15. The fourth-order valence-electron chi connectivity index (χ4n) is 7.13. The van der Waals surface area contributed by atoms with Crippen LogP contribution < -0.4 is 21.7 Å². The maximum atomic E-state index is 11.7. The summed E-state index contributed by atoms with van der Waals surface area (Å²) in [6.07, 6.45) is -20.2. The molecule has 21 heteroatoms. The Morgan fingerprint density at radius 3 is 1.64 bits per heavy atom. The van der Waals surface area contributed by atoms with Gasteiger partial charge in [-0.05, 0) is 53.5 Å². The first-order chi connectivity index (χ1) is 25.3. The van der Waals surface area contributed by atoms with Crippen molar-refractivity contribution in [2.24, 2.45) is 5.73 Å². The Morgan fingerprint density at radius 1 is 0.528 bits per heavy atom. The number of nitrogens with one attached hydrogen (secondary N) is 3. The van der Waals surface area contributed by atoms with Gasteiger partial charge in [0.15, 0.2) is 25.2 Å². The molecule has 0 unspecified atom stereocenters. The molecule has 4 saturated heterocycles. The van der Waals surface area contributed by atoms with Crippen molar-refractivity contribution in [2.45, 2.75) is 170 Å². The molecule has 4 aliphatic rings. The number of aliphatic hydroxyl groups is 6. The van der Waals surface area contributed by atoms with Crippen molar-refractivity contribution >= 4 is 19.2 Å². The smallest absolute Gasteiger partial charge is 0.207 e. The number of hydrogen-bond acceptors (Lipinski definition) is 18. The predicted molar refractivity (Wildman–Crippen MR) is 176 cm³/mol. The lowest BCUT2D eigenvalue weighted by molar-refractivity contribution is -0.379. The van der Waals surface area contributed by atoms with Crippen LogP contribution in [0.15, 0.2) is 0 Å². The molecule has 4 heterocycles. The predicted octanol–water partition coefficient (Wildman–Crippen LogP) is -5.22. The van der Waals surface area contributed by atoms with Gasteiger partial charge in [0.1, 0.15) is 54.9 Å². The van der Waals surface area contributed by atoms with Crippen molar-refractivity contribution in [1.82, 2.24) is 16.0 Å². The largest absolute Gasteiger partial charge is 0.388 e. The normalized spacial score (nSPS) is 46.2. The van der Waals surface area contributed by atoms with E-state index < -0.39 is 123 Å².